The van der Waals surface area contributed by atoms with E-state index < -0.39 is 5.97 Å². The van der Waals surface area contributed by atoms with E-state index in [0.717, 1.165) is 6.54 Å². The van der Waals surface area contributed by atoms with Crippen LogP contribution in [-0.2, 0) is 4.79 Å². The van der Waals surface area contributed by atoms with Crippen molar-refractivity contribution in [2.75, 3.05) is 13.1 Å². The fraction of sp³-hybridized carbons (Fsp3) is 0.750. The Balaban J connectivity index is 2.21. The molecule has 0 aromatic heterocycles. The van der Waals surface area contributed by atoms with Gasteiger partial charge in [-0.15, -0.1) is 0 Å². The quantitative estimate of drug-likeness (QED) is 0.539. The molecule has 3 heteroatoms. The van der Waals surface area contributed by atoms with Crippen LogP contribution in [0, 0.1) is 16.7 Å². The predicted octanol–water partition coefficient (Wildman–Crippen LogP) is 1.90. The molecule has 0 aliphatic heterocycles. The smallest absolute Gasteiger partial charge is 0.328 e. The molecule has 3 nitrogen and oxygen atoms in total. The highest BCUT2D eigenvalue weighted by Gasteiger charge is 2.63. The lowest BCUT2D eigenvalue weighted by molar-refractivity contribution is -0.131. The summed E-state index contributed by atoms with van der Waals surface area (Å²) in [6, 6.07) is 0. The van der Waals surface area contributed by atoms with Gasteiger partial charge in [-0.3, -0.25) is 0 Å². The predicted molar refractivity (Wildman–Crippen MR) is 60.7 cm³/mol. The molecule has 2 N–H and O–H groups in total. The second-order valence-electron chi connectivity index (χ2n) is 5.39. The van der Waals surface area contributed by atoms with Crippen LogP contribution in [-0.4, -0.2) is 24.2 Å². The SMILES string of the molecule is CC1(C)C(CNC/C=C/C(=O)O)C1(C)C. The third-order valence-electron chi connectivity index (χ3n) is 4.19. The molecular formula is C12H21NO2. The van der Waals surface area contributed by atoms with Gasteiger partial charge in [0, 0.05) is 12.6 Å². The van der Waals surface area contributed by atoms with E-state index in [4.69, 9.17) is 5.11 Å². The van der Waals surface area contributed by atoms with Gasteiger partial charge in [-0.05, 0) is 23.3 Å². The molecule has 1 rings (SSSR count). The van der Waals surface area contributed by atoms with Gasteiger partial charge in [0.2, 0.25) is 0 Å². The lowest BCUT2D eigenvalue weighted by Crippen LogP contribution is -2.19. The molecule has 0 radical (unpaired) electrons. The van der Waals surface area contributed by atoms with Crippen molar-refractivity contribution in [3.8, 4) is 0 Å². The maximum atomic E-state index is 10.2. The summed E-state index contributed by atoms with van der Waals surface area (Å²) in [5.74, 6) is -0.202. The number of aliphatic carboxylic acids is 1. The van der Waals surface area contributed by atoms with Crippen molar-refractivity contribution < 1.29 is 9.90 Å². The molecule has 0 aromatic carbocycles. The lowest BCUT2D eigenvalue weighted by Gasteiger charge is -2.04. The number of nitrogens with one attached hydrogen (secondary N) is 1. The Morgan fingerprint density at radius 3 is 2.27 bits per heavy atom. The first kappa shape index (κ1) is 12.2. The molecule has 0 bridgehead atoms. The molecule has 1 aliphatic carbocycles. The van der Waals surface area contributed by atoms with Gasteiger partial charge in [-0.1, -0.05) is 33.8 Å². The minimum atomic E-state index is -0.885. The number of rotatable bonds is 5. The van der Waals surface area contributed by atoms with Gasteiger partial charge in [-0.2, -0.15) is 0 Å². The Hall–Kier alpha value is -0.830. The Bertz CT molecular complexity index is 265. The maximum absolute atomic E-state index is 10.2. The van der Waals surface area contributed by atoms with Gasteiger partial charge in [0.15, 0.2) is 0 Å². The molecule has 86 valence electrons. The average molecular weight is 211 g/mol. The largest absolute Gasteiger partial charge is 0.478 e. The van der Waals surface area contributed by atoms with Crippen LogP contribution < -0.4 is 5.32 Å². The minimum Gasteiger partial charge on any atom is -0.478 e. The molecule has 0 amide bonds. The fourth-order valence-corrected chi connectivity index (χ4v) is 2.31. The van der Waals surface area contributed by atoms with Crippen LogP contribution in [0.25, 0.3) is 0 Å². The number of carboxylic acid groups (broad SMARTS) is 1. The summed E-state index contributed by atoms with van der Waals surface area (Å²) in [5, 5.41) is 11.6. The maximum Gasteiger partial charge on any atom is 0.328 e. The first-order valence-electron chi connectivity index (χ1n) is 5.40. The van der Waals surface area contributed by atoms with E-state index in [-0.39, 0.29) is 0 Å². The molecule has 1 fully saturated rings. The van der Waals surface area contributed by atoms with Gasteiger partial charge in [0.25, 0.3) is 0 Å². The van der Waals surface area contributed by atoms with E-state index in [1.54, 1.807) is 6.08 Å². The monoisotopic (exact) mass is 211 g/mol. The Morgan fingerprint density at radius 2 is 1.87 bits per heavy atom. The second-order valence-corrected chi connectivity index (χ2v) is 5.39. The van der Waals surface area contributed by atoms with Gasteiger partial charge in [0.05, 0.1) is 0 Å². The van der Waals surface area contributed by atoms with E-state index in [1.807, 2.05) is 0 Å². The highest BCUT2D eigenvalue weighted by molar-refractivity contribution is 5.79. The van der Waals surface area contributed by atoms with E-state index >= 15 is 0 Å². The average Bonchev–Trinajstić information content (AvgIpc) is 2.45. The van der Waals surface area contributed by atoms with Crippen molar-refractivity contribution in [1.82, 2.24) is 5.32 Å². The summed E-state index contributed by atoms with van der Waals surface area (Å²) in [4.78, 5) is 10.2. The van der Waals surface area contributed by atoms with Gasteiger partial charge < -0.3 is 10.4 Å². The fourth-order valence-electron chi connectivity index (χ4n) is 2.31. The second kappa shape index (κ2) is 3.97. The van der Waals surface area contributed by atoms with E-state index in [2.05, 4.69) is 33.0 Å². The molecule has 0 aromatic rings. The third kappa shape index (κ3) is 2.40. The van der Waals surface area contributed by atoms with Crippen LogP contribution in [0.4, 0.5) is 0 Å². The van der Waals surface area contributed by atoms with Gasteiger partial charge in [-0.25, -0.2) is 4.79 Å². The molecular weight excluding hydrogens is 190 g/mol. The normalized spacial score (nSPS) is 23.2. The highest BCUT2D eigenvalue weighted by atomic mass is 16.4. The molecule has 15 heavy (non-hydrogen) atoms. The van der Waals surface area contributed by atoms with E-state index in [0.29, 0.717) is 23.3 Å². The van der Waals surface area contributed by atoms with E-state index in [1.165, 1.54) is 6.08 Å². The van der Waals surface area contributed by atoms with Crippen LogP contribution >= 0.6 is 0 Å². The first-order chi connectivity index (χ1) is 6.80. The van der Waals surface area contributed by atoms with E-state index in [9.17, 15) is 4.79 Å². The first-order valence-corrected chi connectivity index (χ1v) is 5.40. The summed E-state index contributed by atoms with van der Waals surface area (Å²) in [5.41, 5.74) is 0.799. The van der Waals surface area contributed by atoms with Crippen LogP contribution in [0.3, 0.4) is 0 Å². The van der Waals surface area contributed by atoms with Crippen molar-refractivity contribution >= 4 is 5.97 Å². The van der Waals surface area contributed by atoms with Gasteiger partial charge >= 0.3 is 5.97 Å². The Kier molecular flexibility index (Phi) is 3.24. The summed E-state index contributed by atoms with van der Waals surface area (Å²) in [6.07, 6.45) is 2.82. The number of hydrogen-bond acceptors (Lipinski definition) is 2. The molecule has 1 aliphatic rings. The zero-order valence-electron chi connectivity index (χ0n) is 10.0. The molecule has 1 saturated carbocycles. The van der Waals surface area contributed by atoms with Gasteiger partial charge in [0.1, 0.15) is 0 Å². The van der Waals surface area contributed by atoms with Crippen LogP contribution in [0.2, 0.25) is 0 Å². The lowest BCUT2D eigenvalue weighted by atomic mass is 10.0. The molecule has 0 saturated heterocycles. The zero-order valence-corrected chi connectivity index (χ0v) is 10.0. The van der Waals surface area contributed by atoms with Crippen molar-refractivity contribution in [1.29, 1.82) is 0 Å². The number of carboxylic acids is 1. The Labute approximate surface area is 91.6 Å². The third-order valence-corrected chi connectivity index (χ3v) is 4.19. The highest BCUT2D eigenvalue weighted by Crippen LogP contribution is 2.67. The van der Waals surface area contributed by atoms with Crippen molar-refractivity contribution in [3.63, 3.8) is 0 Å². The number of hydrogen-bond donors (Lipinski definition) is 2. The summed E-state index contributed by atoms with van der Waals surface area (Å²) >= 11 is 0. The van der Waals surface area contributed by atoms with Crippen LogP contribution in [0.15, 0.2) is 12.2 Å². The molecule has 0 unspecified atom stereocenters. The molecule has 0 heterocycles. The topological polar surface area (TPSA) is 49.3 Å². The summed E-state index contributed by atoms with van der Waals surface area (Å²) in [6.45, 7) is 10.7. The Morgan fingerprint density at radius 1 is 1.33 bits per heavy atom. The molecule has 0 spiro atoms. The zero-order chi connectivity index (χ0) is 11.7. The number of carbonyl (C=O) groups is 1. The molecule has 0 atom stereocenters. The van der Waals surface area contributed by atoms with Crippen LogP contribution in [0.1, 0.15) is 27.7 Å². The van der Waals surface area contributed by atoms with Crippen LogP contribution in [0.5, 0.6) is 0 Å². The van der Waals surface area contributed by atoms with Crippen molar-refractivity contribution in [2.24, 2.45) is 16.7 Å². The summed E-state index contributed by atoms with van der Waals surface area (Å²) < 4.78 is 0. The minimum absolute atomic E-state index is 0.399. The van der Waals surface area contributed by atoms with Crippen molar-refractivity contribution in [2.45, 2.75) is 27.7 Å². The standard InChI is InChI=1S/C12H21NO2/c1-11(2)9(12(11,3)4)8-13-7-5-6-10(14)15/h5-6,9,13H,7-8H2,1-4H3,(H,14,15)/b6-5+. The van der Waals surface area contributed by atoms with Crippen molar-refractivity contribution in [3.05, 3.63) is 12.2 Å². The summed E-state index contributed by atoms with van der Waals surface area (Å²) in [7, 11) is 0.